The van der Waals surface area contributed by atoms with Gasteiger partial charge in [0.05, 0.1) is 66.0 Å². The first kappa shape index (κ1) is 25.8. The van der Waals surface area contributed by atoms with Crippen molar-refractivity contribution < 1.29 is 28.9 Å². The summed E-state index contributed by atoms with van der Waals surface area (Å²) in [4.78, 5) is 29.9. The summed E-state index contributed by atoms with van der Waals surface area (Å²) in [6.45, 7) is 0. The SMILES string of the molecule is COC(=O)CCS(O)(OC)c1cccc(C2(NC(=O)c3cncc4c3cnn4-c3ccc(F)cc3)CC2)c1.[HH]. The van der Waals surface area contributed by atoms with Crippen molar-refractivity contribution in [2.24, 2.45) is 0 Å². The third-order valence-electron chi connectivity index (χ3n) is 6.76. The van der Waals surface area contributed by atoms with Gasteiger partial charge >= 0.3 is 5.97 Å². The molecule has 2 N–H and O–H groups in total. The number of carbonyl (C=O) groups excluding carboxylic acids is 2. The van der Waals surface area contributed by atoms with E-state index in [0.29, 0.717) is 27.0 Å². The zero-order chi connectivity index (χ0) is 26.9. The van der Waals surface area contributed by atoms with Crippen LogP contribution < -0.4 is 5.32 Å². The Balaban J connectivity index is 0.00000353. The molecule has 0 saturated heterocycles. The predicted molar refractivity (Wildman–Crippen MR) is 143 cm³/mol. The number of pyridine rings is 1. The summed E-state index contributed by atoms with van der Waals surface area (Å²) in [6, 6.07) is 13.2. The molecule has 1 amide bonds. The minimum atomic E-state index is -2.71. The number of hydrogen-bond donors (Lipinski definition) is 2. The van der Waals surface area contributed by atoms with Crippen LogP contribution in [0.5, 0.6) is 0 Å². The molecule has 2 aromatic heterocycles. The van der Waals surface area contributed by atoms with Gasteiger partial charge in [-0.05, 0) is 54.8 Å². The molecule has 11 heteroatoms. The van der Waals surface area contributed by atoms with Crippen LogP contribution in [0.15, 0.2) is 72.0 Å². The first-order valence-corrected chi connectivity index (χ1v) is 13.6. The highest BCUT2D eigenvalue weighted by Crippen LogP contribution is 2.55. The Kier molecular flexibility index (Phi) is 6.91. The van der Waals surface area contributed by atoms with Crippen molar-refractivity contribution in [3.63, 3.8) is 0 Å². The summed E-state index contributed by atoms with van der Waals surface area (Å²) in [5, 5.41) is 8.16. The molecule has 5 rings (SSSR count). The van der Waals surface area contributed by atoms with Gasteiger partial charge in [0, 0.05) is 13.0 Å². The number of nitrogens with zero attached hydrogens (tertiary/aromatic N) is 3. The van der Waals surface area contributed by atoms with Crippen LogP contribution in [-0.2, 0) is 19.3 Å². The number of esters is 1. The quantitative estimate of drug-likeness (QED) is 0.288. The molecule has 0 aliphatic heterocycles. The summed E-state index contributed by atoms with van der Waals surface area (Å²) < 4.78 is 36.3. The van der Waals surface area contributed by atoms with Crippen LogP contribution in [0.25, 0.3) is 16.6 Å². The zero-order valence-electron chi connectivity index (χ0n) is 20.9. The first-order chi connectivity index (χ1) is 18.3. The third-order valence-corrected chi connectivity index (χ3v) is 9.06. The van der Waals surface area contributed by atoms with Crippen molar-refractivity contribution in [3.8, 4) is 5.69 Å². The molecule has 1 unspecified atom stereocenters. The molecule has 0 spiro atoms. The van der Waals surface area contributed by atoms with Gasteiger partial charge < -0.3 is 10.1 Å². The van der Waals surface area contributed by atoms with Crippen molar-refractivity contribution in [2.75, 3.05) is 20.0 Å². The number of aromatic nitrogens is 3. The standard InChI is InChI=1S/C27H27FN4O5S.H2/c1-36-25(33)10-13-38(35,37-2)21-5-3-4-18(14-21)27(11-12-27)31-26(34)23-15-29-17-24-22(23)16-30-32(24)20-8-6-19(28)7-9-20;/h3-9,14-17,35H,10-13H2,1-2H3,(H,31,34);1H. The van der Waals surface area contributed by atoms with Crippen molar-refractivity contribution in [2.45, 2.75) is 29.7 Å². The monoisotopic (exact) mass is 540 g/mol. The lowest BCUT2D eigenvalue weighted by Crippen LogP contribution is -2.35. The molecule has 200 valence electrons. The summed E-state index contributed by atoms with van der Waals surface area (Å²) in [5.41, 5.74) is 1.88. The van der Waals surface area contributed by atoms with Gasteiger partial charge in [-0.3, -0.25) is 23.3 Å². The fraction of sp³-hybridized carbons (Fsp3) is 0.259. The Morgan fingerprint density at radius 2 is 1.92 bits per heavy atom. The number of methoxy groups -OCH3 is 1. The van der Waals surface area contributed by atoms with Gasteiger partial charge in [0.25, 0.3) is 5.91 Å². The highest BCUT2D eigenvalue weighted by Gasteiger charge is 2.46. The van der Waals surface area contributed by atoms with E-state index < -0.39 is 22.1 Å². The topological polar surface area (TPSA) is 116 Å². The maximum Gasteiger partial charge on any atom is 0.307 e. The number of benzene rings is 2. The highest BCUT2D eigenvalue weighted by atomic mass is 32.3. The Hall–Kier alpha value is -3.80. The van der Waals surface area contributed by atoms with E-state index in [4.69, 9.17) is 8.92 Å². The number of nitrogens with one attached hydrogen (secondary N) is 1. The maximum absolute atomic E-state index is 13.5. The number of hydrogen-bond acceptors (Lipinski definition) is 7. The molecule has 1 aliphatic carbocycles. The first-order valence-electron chi connectivity index (χ1n) is 12.0. The van der Waals surface area contributed by atoms with Gasteiger partial charge in [0.1, 0.15) is 5.82 Å². The van der Waals surface area contributed by atoms with Crippen LogP contribution in [0.1, 0.15) is 36.6 Å². The van der Waals surface area contributed by atoms with Gasteiger partial charge in [-0.25, -0.2) is 9.07 Å². The Morgan fingerprint density at radius 3 is 2.61 bits per heavy atom. The van der Waals surface area contributed by atoms with Gasteiger partial charge in [0.2, 0.25) is 0 Å². The van der Waals surface area contributed by atoms with E-state index >= 15 is 0 Å². The second-order valence-corrected chi connectivity index (χ2v) is 11.5. The van der Waals surface area contributed by atoms with Crippen LogP contribution in [0.3, 0.4) is 0 Å². The molecule has 4 aromatic rings. The molecule has 9 nitrogen and oxygen atoms in total. The van der Waals surface area contributed by atoms with Crippen LogP contribution >= 0.6 is 10.6 Å². The lowest BCUT2D eigenvalue weighted by atomic mass is 10.0. The van der Waals surface area contributed by atoms with Gasteiger partial charge in [-0.1, -0.05) is 12.1 Å². The fourth-order valence-electron chi connectivity index (χ4n) is 4.42. The second kappa shape index (κ2) is 10.2. The minimum absolute atomic E-state index is 0. The molecule has 2 heterocycles. The average molecular weight is 541 g/mol. The summed E-state index contributed by atoms with van der Waals surface area (Å²) in [7, 11) is -0.0000906. The number of fused-ring (bicyclic) bond motifs is 1. The Labute approximate surface area is 221 Å². The normalized spacial score (nSPS) is 16.4. The van der Waals surface area contributed by atoms with Gasteiger partial charge in [-0.15, -0.1) is 0 Å². The smallest absolute Gasteiger partial charge is 0.307 e. The Morgan fingerprint density at radius 1 is 1.16 bits per heavy atom. The van der Waals surface area contributed by atoms with Crippen LogP contribution in [0.4, 0.5) is 4.39 Å². The van der Waals surface area contributed by atoms with Crippen molar-refractivity contribution in [3.05, 3.63) is 84.1 Å². The van der Waals surface area contributed by atoms with E-state index in [1.165, 1.54) is 32.5 Å². The third kappa shape index (κ3) is 4.87. The van der Waals surface area contributed by atoms with E-state index in [2.05, 4.69) is 15.4 Å². The van der Waals surface area contributed by atoms with Gasteiger partial charge in [-0.2, -0.15) is 15.7 Å². The van der Waals surface area contributed by atoms with Crippen LogP contribution in [-0.4, -0.2) is 51.2 Å². The molecule has 1 aliphatic rings. The molecular weight excluding hydrogens is 511 g/mol. The van der Waals surface area contributed by atoms with E-state index in [1.807, 2.05) is 12.1 Å². The van der Waals surface area contributed by atoms with Crippen molar-refractivity contribution >= 4 is 33.4 Å². The van der Waals surface area contributed by atoms with E-state index in [9.17, 15) is 18.5 Å². The molecule has 0 radical (unpaired) electrons. The number of ether oxygens (including phenoxy) is 1. The number of rotatable bonds is 9. The van der Waals surface area contributed by atoms with Crippen LogP contribution in [0, 0.1) is 5.82 Å². The number of carbonyl (C=O) groups is 2. The zero-order valence-corrected chi connectivity index (χ0v) is 21.7. The number of amides is 1. The molecule has 2 aromatic carbocycles. The van der Waals surface area contributed by atoms with E-state index in [1.54, 1.807) is 41.3 Å². The largest absolute Gasteiger partial charge is 0.469 e. The highest BCUT2D eigenvalue weighted by molar-refractivity contribution is 8.25. The number of halogens is 1. The minimum Gasteiger partial charge on any atom is -0.469 e. The molecule has 0 bridgehead atoms. The molecule has 1 saturated carbocycles. The van der Waals surface area contributed by atoms with E-state index in [-0.39, 0.29) is 25.3 Å². The maximum atomic E-state index is 13.5. The Bertz CT molecular complexity index is 1510. The fourth-order valence-corrected chi connectivity index (χ4v) is 6.06. The van der Waals surface area contributed by atoms with Crippen molar-refractivity contribution in [1.29, 1.82) is 0 Å². The predicted octanol–water partition coefficient (Wildman–Crippen LogP) is 4.99. The molecule has 1 atom stereocenters. The average Bonchev–Trinajstić information content (AvgIpc) is 3.60. The van der Waals surface area contributed by atoms with Crippen molar-refractivity contribution in [1.82, 2.24) is 20.1 Å². The van der Waals surface area contributed by atoms with Crippen LogP contribution in [0.2, 0.25) is 0 Å². The van der Waals surface area contributed by atoms with Gasteiger partial charge in [0.15, 0.2) is 0 Å². The lowest BCUT2D eigenvalue weighted by molar-refractivity contribution is -0.140. The summed E-state index contributed by atoms with van der Waals surface area (Å²) >= 11 is 0. The molecular formula is C27H29FN4O5S. The van der Waals surface area contributed by atoms with E-state index in [0.717, 1.165) is 18.4 Å². The lowest BCUT2D eigenvalue weighted by Gasteiger charge is -2.37. The second-order valence-electron chi connectivity index (χ2n) is 9.05. The summed E-state index contributed by atoms with van der Waals surface area (Å²) in [5.74, 6) is -0.980. The molecule has 1 fully saturated rings. The summed E-state index contributed by atoms with van der Waals surface area (Å²) in [6.07, 6.45) is 6.18. The molecule has 38 heavy (non-hydrogen) atoms.